The summed E-state index contributed by atoms with van der Waals surface area (Å²) in [5, 5.41) is 16.6. The molecule has 1 aromatic carbocycles. The molecule has 0 aliphatic heterocycles. The van der Waals surface area contributed by atoms with Crippen molar-refractivity contribution in [2.75, 3.05) is 5.32 Å². The number of anilines is 1. The molecule has 5 nitrogen and oxygen atoms in total. The van der Waals surface area contributed by atoms with Gasteiger partial charge in [-0.1, -0.05) is 19.9 Å². The number of aryl methyl sites for hydroxylation is 1. The smallest absolute Gasteiger partial charge is 0.260 e. The lowest BCUT2D eigenvalue weighted by molar-refractivity contribution is 0.102. The van der Waals surface area contributed by atoms with Gasteiger partial charge in [0.15, 0.2) is 5.82 Å². The van der Waals surface area contributed by atoms with Crippen LogP contribution < -0.4 is 5.32 Å². The maximum Gasteiger partial charge on any atom is 0.260 e. The number of rotatable bonds is 3. The number of aromatic nitrogens is 2. The first kappa shape index (κ1) is 13.1. The van der Waals surface area contributed by atoms with Crippen molar-refractivity contribution in [3.8, 4) is 5.75 Å². The third-order valence-electron chi connectivity index (χ3n) is 2.89. The zero-order valence-corrected chi connectivity index (χ0v) is 11.2. The van der Waals surface area contributed by atoms with Crippen LogP contribution in [0, 0.1) is 0 Å². The molecule has 0 bridgehead atoms. The molecule has 0 aliphatic carbocycles. The highest BCUT2D eigenvalue weighted by Crippen LogP contribution is 2.24. The van der Waals surface area contributed by atoms with Crippen molar-refractivity contribution in [1.82, 2.24) is 9.78 Å². The normalized spacial score (nSPS) is 10.7. The van der Waals surface area contributed by atoms with Crippen molar-refractivity contribution in [3.05, 3.63) is 41.6 Å². The Hall–Kier alpha value is -2.30. The van der Waals surface area contributed by atoms with Gasteiger partial charge in [-0.3, -0.25) is 9.48 Å². The van der Waals surface area contributed by atoms with Gasteiger partial charge in [0, 0.05) is 19.3 Å². The first-order chi connectivity index (χ1) is 8.97. The number of carbonyl (C=O) groups excluding carboxylic acids is 1. The molecule has 0 radical (unpaired) electrons. The largest absolute Gasteiger partial charge is 0.507 e. The predicted molar refractivity (Wildman–Crippen MR) is 73.4 cm³/mol. The molecular weight excluding hydrogens is 242 g/mol. The monoisotopic (exact) mass is 259 g/mol. The van der Waals surface area contributed by atoms with E-state index in [2.05, 4.69) is 10.4 Å². The van der Waals surface area contributed by atoms with Crippen molar-refractivity contribution < 1.29 is 9.90 Å². The highest BCUT2D eigenvalue weighted by molar-refractivity contribution is 6.05. The highest BCUT2D eigenvalue weighted by Gasteiger charge is 2.13. The van der Waals surface area contributed by atoms with Crippen molar-refractivity contribution in [2.45, 2.75) is 19.8 Å². The number of hydrogen-bond donors (Lipinski definition) is 2. The molecule has 0 saturated heterocycles. The molecule has 1 aromatic heterocycles. The standard InChI is InChI=1S/C14H17N3O2/c1-9(2)10-4-5-11(12(18)8-10)14(19)15-13-6-7-17(3)16-13/h4-9,18H,1-3H3,(H,15,16,19). The van der Waals surface area contributed by atoms with Crippen LogP contribution in [0.4, 0.5) is 5.82 Å². The number of carbonyl (C=O) groups is 1. The number of nitrogens with one attached hydrogen (secondary N) is 1. The van der Waals surface area contributed by atoms with Crippen LogP contribution in [0.3, 0.4) is 0 Å². The molecule has 1 amide bonds. The van der Waals surface area contributed by atoms with Crippen LogP contribution in [0.15, 0.2) is 30.5 Å². The Kier molecular flexibility index (Phi) is 3.55. The molecule has 0 saturated carbocycles. The van der Waals surface area contributed by atoms with Gasteiger partial charge in [-0.2, -0.15) is 5.10 Å². The van der Waals surface area contributed by atoms with E-state index in [1.807, 2.05) is 19.9 Å². The molecule has 2 aromatic rings. The topological polar surface area (TPSA) is 67.2 Å². The van der Waals surface area contributed by atoms with E-state index < -0.39 is 0 Å². The second-order valence-corrected chi connectivity index (χ2v) is 4.76. The lowest BCUT2D eigenvalue weighted by Gasteiger charge is -2.09. The van der Waals surface area contributed by atoms with Crippen LogP contribution in [0.5, 0.6) is 5.75 Å². The summed E-state index contributed by atoms with van der Waals surface area (Å²) in [6.45, 7) is 4.06. The molecule has 2 rings (SSSR count). The van der Waals surface area contributed by atoms with Gasteiger partial charge in [0.1, 0.15) is 5.75 Å². The lowest BCUT2D eigenvalue weighted by atomic mass is 10.0. The minimum atomic E-state index is -0.369. The number of nitrogens with zero attached hydrogens (tertiary/aromatic N) is 2. The maximum absolute atomic E-state index is 12.0. The minimum Gasteiger partial charge on any atom is -0.507 e. The molecule has 5 heteroatoms. The van der Waals surface area contributed by atoms with E-state index in [1.54, 1.807) is 36.1 Å². The molecule has 0 fully saturated rings. The Morgan fingerprint density at radius 1 is 1.37 bits per heavy atom. The van der Waals surface area contributed by atoms with E-state index in [4.69, 9.17) is 0 Å². The first-order valence-electron chi connectivity index (χ1n) is 6.11. The van der Waals surface area contributed by atoms with Gasteiger partial charge in [0.2, 0.25) is 0 Å². The van der Waals surface area contributed by atoms with Crippen LogP contribution in [0.25, 0.3) is 0 Å². The van der Waals surface area contributed by atoms with E-state index in [0.29, 0.717) is 11.7 Å². The fourth-order valence-electron chi connectivity index (χ4n) is 1.77. The summed E-state index contributed by atoms with van der Waals surface area (Å²) in [7, 11) is 1.77. The van der Waals surface area contributed by atoms with Gasteiger partial charge in [0.25, 0.3) is 5.91 Å². The van der Waals surface area contributed by atoms with Crippen LogP contribution in [-0.4, -0.2) is 20.8 Å². The molecule has 0 spiro atoms. The Morgan fingerprint density at radius 3 is 2.63 bits per heavy atom. The van der Waals surface area contributed by atoms with Gasteiger partial charge >= 0.3 is 0 Å². The van der Waals surface area contributed by atoms with Crippen LogP contribution in [0.1, 0.15) is 35.7 Å². The van der Waals surface area contributed by atoms with Gasteiger partial charge < -0.3 is 10.4 Å². The molecule has 19 heavy (non-hydrogen) atoms. The maximum atomic E-state index is 12.0. The molecule has 1 heterocycles. The SMILES string of the molecule is CC(C)c1ccc(C(=O)Nc2ccn(C)n2)c(O)c1. The summed E-state index contributed by atoms with van der Waals surface area (Å²) in [6, 6.07) is 6.79. The minimum absolute atomic E-state index is 0.0142. The van der Waals surface area contributed by atoms with Crippen molar-refractivity contribution >= 4 is 11.7 Å². The summed E-state index contributed by atoms with van der Waals surface area (Å²) in [5.41, 5.74) is 1.24. The van der Waals surface area contributed by atoms with Gasteiger partial charge in [-0.15, -0.1) is 0 Å². The zero-order chi connectivity index (χ0) is 14.0. The molecule has 0 atom stereocenters. The van der Waals surface area contributed by atoms with Crippen LogP contribution >= 0.6 is 0 Å². The molecule has 100 valence electrons. The number of amides is 1. The quantitative estimate of drug-likeness (QED) is 0.890. The number of hydrogen-bond acceptors (Lipinski definition) is 3. The van der Waals surface area contributed by atoms with E-state index in [9.17, 15) is 9.90 Å². The van der Waals surface area contributed by atoms with Crippen LogP contribution in [-0.2, 0) is 7.05 Å². The number of aromatic hydroxyl groups is 1. The summed E-state index contributed by atoms with van der Waals surface area (Å²) >= 11 is 0. The fraction of sp³-hybridized carbons (Fsp3) is 0.286. The Balaban J connectivity index is 2.19. The van der Waals surface area contributed by atoms with Crippen molar-refractivity contribution in [3.63, 3.8) is 0 Å². The lowest BCUT2D eigenvalue weighted by Crippen LogP contribution is -2.13. The predicted octanol–water partition coefficient (Wildman–Crippen LogP) is 2.50. The number of phenols is 1. The number of benzene rings is 1. The molecule has 2 N–H and O–H groups in total. The first-order valence-corrected chi connectivity index (χ1v) is 6.11. The highest BCUT2D eigenvalue weighted by atomic mass is 16.3. The van der Waals surface area contributed by atoms with E-state index >= 15 is 0 Å². The second kappa shape index (κ2) is 5.14. The Bertz CT molecular complexity index is 602. The van der Waals surface area contributed by atoms with E-state index in [0.717, 1.165) is 5.56 Å². The fourth-order valence-corrected chi connectivity index (χ4v) is 1.77. The second-order valence-electron chi connectivity index (χ2n) is 4.76. The summed E-state index contributed by atoms with van der Waals surface area (Å²) in [4.78, 5) is 12.0. The Labute approximate surface area is 111 Å². The average molecular weight is 259 g/mol. The molecule has 0 unspecified atom stereocenters. The van der Waals surface area contributed by atoms with Gasteiger partial charge in [0.05, 0.1) is 5.56 Å². The van der Waals surface area contributed by atoms with Crippen molar-refractivity contribution in [1.29, 1.82) is 0 Å². The summed E-state index contributed by atoms with van der Waals surface area (Å²) in [6.07, 6.45) is 1.73. The third kappa shape index (κ3) is 2.93. The van der Waals surface area contributed by atoms with E-state index in [1.165, 1.54) is 0 Å². The molecule has 0 aliphatic rings. The summed E-state index contributed by atoms with van der Waals surface area (Å²) in [5.74, 6) is 0.379. The Morgan fingerprint density at radius 2 is 2.11 bits per heavy atom. The average Bonchev–Trinajstić information content (AvgIpc) is 2.74. The number of phenolic OH excluding ortho intramolecular Hbond substituents is 1. The van der Waals surface area contributed by atoms with Crippen molar-refractivity contribution in [2.24, 2.45) is 7.05 Å². The summed E-state index contributed by atoms with van der Waals surface area (Å²) < 4.78 is 1.59. The molecular formula is C14H17N3O2. The van der Waals surface area contributed by atoms with Gasteiger partial charge in [-0.25, -0.2) is 0 Å². The van der Waals surface area contributed by atoms with Gasteiger partial charge in [-0.05, 0) is 23.6 Å². The van der Waals surface area contributed by atoms with Crippen LogP contribution in [0.2, 0.25) is 0 Å². The zero-order valence-electron chi connectivity index (χ0n) is 11.2. The van der Waals surface area contributed by atoms with E-state index in [-0.39, 0.29) is 17.2 Å². The third-order valence-corrected chi connectivity index (χ3v) is 2.89.